The molecule has 0 spiro atoms. The van der Waals surface area contributed by atoms with E-state index in [9.17, 15) is 9.59 Å². The van der Waals surface area contributed by atoms with Crippen molar-refractivity contribution in [2.75, 3.05) is 10.6 Å². The third-order valence-electron chi connectivity index (χ3n) is 2.99. The number of rotatable bonds is 5. The summed E-state index contributed by atoms with van der Waals surface area (Å²) in [5.41, 5.74) is 2.37. The molecule has 2 N–H and O–H groups in total. The van der Waals surface area contributed by atoms with Gasteiger partial charge >= 0.3 is 0 Å². The molecule has 0 atom stereocenters. The Labute approximate surface area is 128 Å². The first-order chi connectivity index (χ1) is 10.1. The SMILES string of the molecule is CCCC(=O)Nc1cc(NC(=O)c2cccs2)ccc1C. The molecule has 0 bridgehead atoms. The summed E-state index contributed by atoms with van der Waals surface area (Å²) in [6.07, 6.45) is 1.30. The number of amides is 2. The molecular weight excluding hydrogens is 284 g/mol. The number of thiophene rings is 1. The summed E-state index contributed by atoms with van der Waals surface area (Å²) < 4.78 is 0. The fourth-order valence-electron chi connectivity index (χ4n) is 1.87. The standard InChI is InChI=1S/C16H18N2O2S/c1-3-5-15(19)18-13-10-12(8-7-11(13)2)17-16(20)14-6-4-9-21-14/h4,6-10H,3,5H2,1-2H3,(H,17,20)(H,18,19). The van der Waals surface area contributed by atoms with Crippen LogP contribution in [0.2, 0.25) is 0 Å². The molecule has 1 aromatic carbocycles. The normalized spacial score (nSPS) is 10.2. The van der Waals surface area contributed by atoms with Crippen molar-refractivity contribution in [1.29, 1.82) is 0 Å². The minimum atomic E-state index is -0.139. The van der Waals surface area contributed by atoms with E-state index in [0.29, 0.717) is 17.0 Å². The number of carbonyl (C=O) groups excluding carboxylic acids is 2. The second-order valence-corrected chi connectivity index (χ2v) is 5.71. The van der Waals surface area contributed by atoms with Gasteiger partial charge in [-0.2, -0.15) is 0 Å². The molecule has 0 unspecified atom stereocenters. The van der Waals surface area contributed by atoms with Gasteiger partial charge in [0.1, 0.15) is 0 Å². The monoisotopic (exact) mass is 302 g/mol. The number of aryl methyl sites for hydroxylation is 1. The molecule has 4 nitrogen and oxygen atoms in total. The number of carbonyl (C=O) groups is 2. The minimum absolute atomic E-state index is 0.0117. The molecule has 2 rings (SSSR count). The van der Waals surface area contributed by atoms with Crippen molar-refractivity contribution < 1.29 is 9.59 Å². The van der Waals surface area contributed by atoms with Gasteiger partial charge in [-0.15, -0.1) is 11.3 Å². The molecule has 0 saturated heterocycles. The smallest absolute Gasteiger partial charge is 0.265 e. The van der Waals surface area contributed by atoms with Crippen LogP contribution >= 0.6 is 11.3 Å². The van der Waals surface area contributed by atoms with Crippen LogP contribution in [0.25, 0.3) is 0 Å². The van der Waals surface area contributed by atoms with Crippen LogP contribution in [-0.2, 0) is 4.79 Å². The Hall–Kier alpha value is -2.14. The predicted molar refractivity (Wildman–Crippen MR) is 87.0 cm³/mol. The van der Waals surface area contributed by atoms with E-state index in [-0.39, 0.29) is 11.8 Å². The van der Waals surface area contributed by atoms with E-state index in [1.807, 2.05) is 37.4 Å². The molecule has 0 aliphatic rings. The average Bonchev–Trinajstić information content (AvgIpc) is 2.97. The molecule has 0 aliphatic carbocycles. The molecule has 0 aliphatic heterocycles. The van der Waals surface area contributed by atoms with Crippen LogP contribution in [0.3, 0.4) is 0 Å². The highest BCUT2D eigenvalue weighted by Crippen LogP contribution is 2.21. The lowest BCUT2D eigenvalue weighted by Gasteiger charge is -2.11. The third kappa shape index (κ3) is 4.16. The zero-order valence-corrected chi connectivity index (χ0v) is 12.9. The highest BCUT2D eigenvalue weighted by Gasteiger charge is 2.09. The lowest BCUT2D eigenvalue weighted by molar-refractivity contribution is -0.116. The van der Waals surface area contributed by atoms with Crippen molar-refractivity contribution in [3.8, 4) is 0 Å². The average molecular weight is 302 g/mol. The van der Waals surface area contributed by atoms with Crippen LogP contribution in [0.1, 0.15) is 35.0 Å². The zero-order valence-electron chi connectivity index (χ0n) is 12.1. The van der Waals surface area contributed by atoms with Gasteiger partial charge < -0.3 is 10.6 Å². The number of hydrogen-bond acceptors (Lipinski definition) is 3. The summed E-state index contributed by atoms with van der Waals surface area (Å²) in [6, 6.07) is 9.11. The first kappa shape index (κ1) is 15.3. The van der Waals surface area contributed by atoms with Crippen LogP contribution in [0.4, 0.5) is 11.4 Å². The quantitative estimate of drug-likeness (QED) is 0.875. The highest BCUT2D eigenvalue weighted by molar-refractivity contribution is 7.12. The molecule has 110 valence electrons. The summed E-state index contributed by atoms with van der Waals surface area (Å²) in [6.45, 7) is 3.89. The molecule has 1 heterocycles. The van der Waals surface area contributed by atoms with E-state index < -0.39 is 0 Å². The maximum atomic E-state index is 12.0. The van der Waals surface area contributed by atoms with E-state index in [1.165, 1.54) is 11.3 Å². The van der Waals surface area contributed by atoms with Crippen molar-refractivity contribution in [1.82, 2.24) is 0 Å². The van der Waals surface area contributed by atoms with Crippen molar-refractivity contribution >= 4 is 34.5 Å². The Balaban J connectivity index is 2.11. The van der Waals surface area contributed by atoms with Crippen LogP contribution in [0, 0.1) is 6.92 Å². The Morgan fingerprint density at radius 2 is 2.00 bits per heavy atom. The first-order valence-corrected chi connectivity index (χ1v) is 7.73. The first-order valence-electron chi connectivity index (χ1n) is 6.85. The minimum Gasteiger partial charge on any atom is -0.326 e. The molecular formula is C16H18N2O2S. The summed E-state index contributed by atoms with van der Waals surface area (Å²) in [5, 5.41) is 7.57. The van der Waals surface area contributed by atoms with E-state index in [1.54, 1.807) is 12.1 Å². The second kappa shape index (κ2) is 7.04. The molecule has 0 saturated carbocycles. The van der Waals surface area contributed by atoms with Crippen molar-refractivity contribution in [2.45, 2.75) is 26.7 Å². The fraction of sp³-hybridized carbons (Fsp3) is 0.250. The summed E-state index contributed by atoms with van der Waals surface area (Å²) in [5.74, 6) is -0.151. The molecule has 2 aromatic rings. The van der Waals surface area contributed by atoms with Crippen molar-refractivity contribution in [2.24, 2.45) is 0 Å². The van der Waals surface area contributed by atoms with Gasteiger partial charge in [-0.3, -0.25) is 9.59 Å². The van der Waals surface area contributed by atoms with E-state index >= 15 is 0 Å². The van der Waals surface area contributed by atoms with E-state index in [2.05, 4.69) is 10.6 Å². The predicted octanol–water partition coefficient (Wildman–Crippen LogP) is 4.05. The molecule has 1 aromatic heterocycles. The van der Waals surface area contributed by atoms with Crippen molar-refractivity contribution in [3.05, 3.63) is 46.2 Å². The number of anilines is 2. The highest BCUT2D eigenvalue weighted by atomic mass is 32.1. The second-order valence-electron chi connectivity index (χ2n) is 4.76. The Kier molecular flexibility index (Phi) is 5.11. The van der Waals surface area contributed by atoms with Crippen LogP contribution in [0.5, 0.6) is 0 Å². The van der Waals surface area contributed by atoms with E-state index in [0.717, 1.165) is 17.7 Å². The molecule has 5 heteroatoms. The maximum Gasteiger partial charge on any atom is 0.265 e. The van der Waals surface area contributed by atoms with Gasteiger partial charge in [-0.1, -0.05) is 19.1 Å². The van der Waals surface area contributed by atoms with Crippen LogP contribution in [0.15, 0.2) is 35.7 Å². The van der Waals surface area contributed by atoms with Crippen LogP contribution in [-0.4, -0.2) is 11.8 Å². The summed E-state index contributed by atoms with van der Waals surface area (Å²) >= 11 is 1.39. The number of hydrogen-bond donors (Lipinski definition) is 2. The van der Waals surface area contributed by atoms with Gasteiger partial charge in [0.2, 0.25) is 5.91 Å². The maximum absolute atomic E-state index is 12.0. The van der Waals surface area contributed by atoms with Crippen LogP contribution < -0.4 is 10.6 Å². The van der Waals surface area contributed by atoms with E-state index in [4.69, 9.17) is 0 Å². The Morgan fingerprint density at radius 1 is 1.19 bits per heavy atom. The number of benzene rings is 1. The molecule has 0 radical (unpaired) electrons. The third-order valence-corrected chi connectivity index (χ3v) is 3.86. The van der Waals surface area contributed by atoms with Gasteiger partial charge in [-0.25, -0.2) is 0 Å². The summed E-state index contributed by atoms with van der Waals surface area (Å²) in [7, 11) is 0. The van der Waals surface area contributed by atoms with Gasteiger partial charge in [0.25, 0.3) is 5.91 Å². The number of nitrogens with one attached hydrogen (secondary N) is 2. The Morgan fingerprint density at radius 3 is 2.67 bits per heavy atom. The summed E-state index contributed by atoms with van der Waals surface area (Å²) in [4.78, 5) is 24.4. The zero-order chi connectivity index (χ0) is 15.2. The lowest BCUT2D eigenvalue weighted by Crippen LogP contribution is -2.13. The lowest BCUT2D eigenvalue weighted by atomic mass is 10.1. The van der Waals surface area contributed by atoms with Gasteiger partial charge in [0.05, 0.1) is 4.88 Å². The largest absolute Gasteiger partial charge is 0.326 e. The fourth-order valence-corrected chi connectivity index (χ4v) is 2.49. The molecule has 2 amide bonds. The topological polar surface area (TPSA) is 58.2 Å². The molecule has 0 fully saturated rings. The Bertz CT molecular complexity index is 636. The van der Waals surface area contributed by atoms with Gasteiger partial charge in [0, 0.05) is 17.8 Å². The molecule has 21 heavy (non-hydrogen) atoms. The van der Waals surface area contributed by atoms with Gasteiger partial charge in [-0.05, 0) is 42.5 Å². The van der Waals surface area contributed by atoms with Gasteiger partial charge in [0.15, 0.2) is 0 Å². The van der Waals surface area contributed by atoms with Crippen molar-refractivity contribution in [3.63, 3.8) is 0 Å².